The molecule has 0 heterocycles. The van der Waals surface area contributed by atoms with Crippen LogP contribution in [0.4, 0.5) is 15.8 Å². The fraction of sp³-hybridized carbons (Fsp3) is 0.0714. The van der Waals surface area contributed by atoms with Crippen LogP contribution in [-0.2, 0) is 0 Å². The van der Waals surface area contributed by atoms with Crippen molar-refractivity contribution < 1.29 is 14.1 Å². The summed E-state index contributed by atoms with van der Waals surface area (Å²) in [5.74, 6) is -0.708. The molecular formula is C14H10FN3O3. The van der Waals surface area contributed by atoms with Gasteiger partial charge in [-0.2, -0.15) is 5.26 Å². The molecule has 7 heteroatoms. The van der Waals surface area contributed by atoms with Crippen LogP contribution in [0.3, 0.4) is 0 Å². The molecule has 106 valence electrons. The van der Waals surface area contributed by atoms with Gasteiger partial charge in [0, 0.05) is 24.9 Å². The van der Waals surface area contributed by atoms with Gasteiger partial charge in [-0.25, -0.2) is 4.39 Å². The molecule has 0 saturated heterocycles. The predicted molar refractivity (Wildman–Crippen MR) is 73.8 cm³/mol. The Labute approximate surface area is 119 Å². The Morgan fingerprint density at radius 3 is 2.67 bits per heavy atom. The standard InChI is InChI=1S/C14H10FN3O3/c1-17-10-5-11(18(19)20)7-12(6-10)21-14-3-2-9(8-16)4-13(14)15/h2-7,17H,1H3. The summed E-state index contributed by atoms with van der Waals surface area (Å²) in [7, 11) is 1.60. The number of halogens is 1. The van der Waals surface area contributed by atoms with Gasteiger partial charge in [0.2, 0.25) is 0 Å². The first-order valence-corrected chi connectivity index (χ1v) is 5.88. The number of nitrogens with one attached hydrogen (secondary N) is 1. The summed E-state index contributed by atoms with van der Waals surface area (Å²) in [5.41, 5.74) is 0.453. The third kappa shape index (κ3) is 3.25. The summed E-state index contributed by atoms with van der Waals surface area (Å²) in [4.78, 5) is 10.3. The third-order valence-corrected chi connectivity index (χ3v) is 2.68. The SMILES string of the molecule is CNc1cc(Oc2ccc(C#N)cc2F)cc([N+](=O)[O-])c1. The molecule has 0 aliphatic carbocycles. The highest BCUT2D eigenvalue weighted by Crippen LogP contribution is 2.31. The van der Waals surface area contributed by atoms with E-state index in [2.05, 4.69) is 5.32 Å². The number of ether oxygens (including phenoxy) is 1. The largest absolute Gasteiger partial charge is 0.454 e. The summed E-state index contributed by atoms with van der Waals surface area (Å²) in [6.45, 7) is 0. The van der Waals surface area contributed by atoms with E-state index in [4.69, 9.17) is 10.00 Å². The van der Waals surface area contributed by atoms with Crippen molar-refractivity contribution in [1.29, 1.82) is 5.26 Å². The Morgan fingerprint density at radius 1 is 1.33 bits per heavy atom. The van der Waals surface area contributed by atoms with Crippen molar-refractivity contribution in [1.82, 2.24) is 0 Å². The summed E-state index contributed by atoms with van der Waals surface area (Å²) >= 11 is 0. The first-order valence-electron chi connectivity index (χ1n) is 5.88. The number of hydrogen-bond acceptors (Lipinski definition) is 5. The van der Waals surface area contributed by atoms with Gasteiger partial charge in [-0.05, 0) is 18.2 Å². The quantitative estimate of drug-likeness (QED) is 0.687. The minimum atomic E-state index is -0.716. The number of anilines is 1. The van der Waals surface area contributed by atoms with Gasteiger partial charge in [0.25, 0.3) is 5.69 Å². The molecule has 21 heavy (non-hydrogen) atoms. The Hall–Kier alpha value is -3.14. The van der Waals surface area contributed by atoms with Gasteiger partial charge < -0.3 is 10.1 Å². The van der Waals surface area contributed by atoms with Crippen molar-refractivity contribution in [3.8, 4) is 17.6 Å². The van der Waals surface area contributed by atoms with Crippen LogP contribution in [0.15, 0.2) is 36.4 Å². The monoisotopic (exact) mass is 287 g/mol. The molecule has 0 saturated carbocycles. The van der Waals surface area contributed by atoms with E-state index in [1.165, 1.54) is 30.3 Å². The number of benzene rings is 2. The van der Waals surface area contributed by atoms with Gasteiger partial charge in [0.05, 0.1) is 22.6 Å². The van der Waals surface area contributed by atoms with E-state index >= 15 is 0 Å². The molecule has 0 spiro atoms. The second-order valence-corrected chi connectivity index (χ2v) is 4.08. The van der Waals surface area contributed by atoms with Crippen molar-refractivity contribution >= 4 is 11.4 Å². The molecule has 6 nitrogen and oxygen atoms in total. The molecule has 2 rings (SSSR count). The molecule has 0 aliphatic heterocycles. The number of nitriles is 1. The zero-order valence-electron chi connectivity index (χ0n) is 11.0. The fourth-order valence-electron chi connectivity index (χ4n) is 1.67. The molecule has 2 aromatic carbocycles. The maximum absolute atomic E-state index is 13.7. The molecule has 0 bridgehead atoms. The average molecular weight is 287 g/mol. The number of non-ortho nitro benzene ring substituents is 1. The molecule has 0 radical (unpaired) electrons. The number of nitro benzene ring substituents is 1. The van der Waals surface area contributed by atoms with Crippen LogP contribution < -0.4 is 10.1 Å². The van der Waals surface area contributed by atoms with Crippen molar-refractivity contribution in [2.45, 2.75) is 0 Å². The van der Waals surface area contributed by atoms with Crippen LogP contribution in [0.1, 0.15) is 5.56 Å². The summed E-state index contributed by atoms with van der Waals surface area (Å²) in [6, 6.07) is 9.57. The maximum Gasteiger partial charge on any atom is 0.275 e. The first-order chi connectivity index (χ1) is 10.0. The van der Waals surface area contributed by atoms with Gasteiger partial charge >= 0.3 is 0 Å². The number of nitrogens with zero attached hydrogens (tertiary/aromatic N) is 2. The normalized spacial score (nSPS) is 9.76. The zero-order chi connectivity index (χ0) is 15.4. The molecule has 1 N–H and O–H groups in total. The number of nitro groups is 1. The highest BCUT2D eigenvalue weighted by atomic mass is 19.1. The first kappa shape index (κ1) is 14.3. The lowest BCUT2D eigenvalue weighted by Gasteiger charge is -2.09. The van der Waals surface area contributed by atoms with E-state index < -0.39 is 10.7 Å². The zero-order valence-corrected chi connectivity index (χ0v) is 11.0. The second kappa shape index (κ2) is 5.88. The highest BCUT2D eigenvalue weighted by molar-refractivity contribution is 5.56. The van der Waals surface area contributed by atoms with E-state index in [1.807, 2.05) is 0 Å². The molecule has 0 unspecified atom stereocenters. The summed E-state index contributed by atoms with van der Waals surface area (Å²) < 4.78 is 19.1. The van der Waals surface area contributed by atoms with Crippen LogP contribution in [-0.4, -0.2) is 12.0 Å². The molecule has 0 aliphatic rings. The Morgan fingerprint density at radius 2 is 2.10 bits per heavy atom. The smallest absolute Gasteiger partial charge is 0.275 e. The van der Waals surface area contributed by atoms with E-state index in [0.29, 0.717) is 5.69 Å². The Balaban J connectivity index is 2.37. The van der Waals surface area contributed by atoms with Crippen LogP contribution >= 0.6 is 0 Å². The topological polar surface area (TPSA) is 88.2 Å². The van der Waals surface area contributed by atoms with Gasteiger partial charge in [-0.15, -0.1) is 0 Å². The van der Waals surface area contributed by atoms with Gasteiger partial charge in [-0.3, -0.25) is 10.1 Å². The fourth-order valence-corrected chi connectivity index (χ4v) is 1.67. The Kier molecular flexibility index (Phi) is 4.00. The molecule has 0 aromatic heterocycles. The molecule has 0 atom stereocenters. The van der Waals surface area contributed by atoms with E-state index in [9.17, 15) is 14.5 Å². The average Bonchev–Trinajstić information content (AvgIpc) is 2.48. The van der Waals surface area contributed by atoms with Crippen molar-refractivity contribution in [3.63, 3.8) is 0 Å². The predicted octanol–water partition coefficient (Wildman–Crippen LogP) is 3.44. The van der Waals surface area contributed by atoms with Gasteiger partial charge in [-0.1, -0.05) is 0 Å². The summed E-state index contributed by atoms with van der Waals surface area (Å²) in [6.07, 6.45) is 0. The van der Waals surface area contributed by atoms with E-state index in [0.717, 1.165) is 6.07 Å². The maximum atomic E-state index is 13.7. The lowest BCUT2D eigenvalue weighted by Crippen LogP contribution is -1.95. The molecular weight excluding hydrogens is 277 g/mol. The van der Waals surface area contributed by atoms with Crippen molar-refractivity contribution in [2.75, 3.05) is 12.4 Å². The lowest BCUT2D eigenvalue weighted by atomic mass is 10.2. The van der Waals surface area contributed by atoms with Gasteiger partial charge in [0.15, 0.2) is 11.6 Å². The third-order valence-electron chi connectivity index (χ3n) is 2.68. The number of hydrogen-bond donors (Lipinski definition) is 1. The number of rotatable bonds is 4. The minimum Gasteiger partial charge on any atom is -0.454 e. The van der Waals surface area contributed by atoms with E-state index in [-0.39, 0.29) is 22.7 Å². The lowest BCUT2D eigenvalue weighted by molar-refractivity contribution is -0.384. The summed E-state index contributed by atoms with van der Waals surface area (Å²) in [5, 5.41) is 22.3. The second-order valence-electron chi connectivity index (χ2n) is 4.08. The van der Waals surface area contributed by atoms with E-state index in [1.54, 1.807) is 13.1 Å². The highest BCUT2D eigenvalue weighted by Gasteiger charge is 2.12. The minimum absolute atomic E-state index is 0.114. The Bertz CT molecular complexity index is 741. The van der Waals surface area contributed by atoms with Crippen LogP contribution in [0, 0.1) is 27.3 Å². The molecule has 0 fully saturated rings. The van der Waals surface area contributed by atoms with Crippen molar-refractivity contribution in [2.24, 2.45) is 0 Å². The van der Waals surface area contributed by atoms with Crippen LogP contribution in [0.5, 0.6) is 11.5 Å². The van der Waals surface area contributed by atoms with Crippen molar-refractivity contribution in [3.05, 3.63) is 57.9 Å². The van der Waals surface area contributed by atoms with Crippen LogP contribution in [0.25, 0.3) is 0 Å². The molecule has 0 amide bonds. The van der Waals surface area contributed by atoms with Gasteiger partial charge in [0.1, 0.15) is 5.75 Å². The van der Waals surface area contributed by atoms with Crippen LogP contribution in [0.2, 0.25) is 0 Å². The molecule has 2 aromatic rings.